The predicted molar refractivity (Wildman–Crippen MR) is 71.6 cm³/mol. The summed E-state index contributed by atoms with van der Waals surface area (Å²) >= 11 is 0. The largest absolute Gasteiger partial charge is 0.495 e. The highest BCUT2D eigenvalue weighted by Gasteiger charge is 1.99. The molecule has 1 N–H and O–H groups in total. The summed E-state index contributed by atoms with van der Waals surface area (Å²) in [5.41, 5.74) is 0.803. The number of hydrogen-bond donors (Lipinski definition) is 1. The van der Waals surface area contributed by atoms with Gasteiger partial charge in [-0.3, -0.25) is 0 Å². The molecule has 0 radical (unpaired) electrons. The van der Waals surface area contributed by atoms with Gasteiger partial charge in [-0.25, -0.2) is 4.79 Å². The molecule has 0 aliphatic heterocycles. The van der Waals surface area contributed by atoms with Crippen LogP contribution in [0, 0.1) is 0 Å². The third-order valence-corrected chi connectivity index (χ3v) is 2.31. The number of anilines is 1. The van der Waals surface area contributed by atoms with Crippen molar-refractivity contribution in [3.05, 3.63) is 36.5 Å². The number of para-hydroxylation sites is 2. The highest BCUT2D eigenvalue weighted by molar-refractivity contribution is 5.82. The average Bonchev–Trinajstić information content (AvgIpc) is 2.39. The number of carbonyl (C=O) groups excluding carboxylic acids is 1. The molecule has 18 heavy (non-hydrogen) atoms. The number of methoxy groups -OCH3 is 1. The molecule has 0 amide bonds. The predicted octanol–water partition coefficient (Wildman–Crippen LogP) is 2.96. The SMILES string of the molecule is CCCCOC(=O)/C=C\Nc1ccccc1OC. The molecule has 98 valence electrons. The molecule has 1 aromatic rings. The second-order valence-electron chi connectivity index (χ2n) is 3.70. The van der Waals surface area contributed by atoms with Crippen molar-refractivity contribution in [1.82, 2.24) is 0 Å². The normalized spacial score (nSPS) is 10.3. The van der Waals surface area contributed by atoms with Gasteiger partial charge in [-0.05, 0) is 18.6 Å². The average molecular weight is 249 g/mol. The lowest BCUT2D eigenvalue weighted by atomic mass is 10.3. The van der Waals surface area contributed by atoms with Gasteiger partial charge in [0.15, 0.2) is 0 Å². The van der Waals surface area contributed by atoms with Gasteiger partial charge in [0.2, 0.25) is 0 Å². The first-order valence-corrected chi connectivity index (χ1v) is 6.00. The summed E-state index contributed by atoms with van der Waals surface area (Å²) in [6, 6.07) is 7.48. The van der Waals surface area contributed by atoms with E-state index in [-0.39, 0.29) is 5.97 Å². The fraction of sp³-hybridized carbons (Fsp3) is 0.357. The Kier molecular flexibility index (Phi) is 6.40. The molecule has 0 aromatic heterocycles. The Morgan fingerprint density at radius 1 is 1.39 bits per heavy atom. The van der Waals surface area contributed by atoms with Crippen molar-refractivity contribution in [3.63, 3.8) is 0 Å². The van der Waals surface area contributed by atoms with Gasteiger partial charge in [-0.2, -0.15) is 0 Å². The van der Waals surface area contributed by atoms with Gasteiger partial charge in [0.05, 0.1) is 19.4 Å². The second-order valence-corrected chi connectivity index (χ2v) is 3.70. The van der Waals surface area contributed by atoms with E-state index in [1.165, 1.54) is 6.08 Å². The minimum Gasteiger partial charge on any atom is -0.495 e. The number of esters is 1. The number of ether oxygens (including phenoxy) is 2. The van der Waals surface area contributed by atoms with E-state index in [1.807, 2.05) is 31.2 Å². The van der Waals surface area contributed by atoms with Gasteiger partial charge in [0.1, 0.15) is 5.75 Å². The first-order chi connectivity index (χ1) is 8.77. The topological polar surface area (TPSA) is 47.6 Å². The lowest BCUT2D eigenvalue weighted by molar-refractivity contribution is -0.137. The van der Waals surface area contributed by atoms with E-state index in [2.05, 4.69) is 5.32 Å². The molecule has 0 aliphatic carbocycles. The van der Waals surface area contributed by atoms with E-state index in [9.17, 15) is 4.79 Å². The molecule has 0 saturated carbocycles. The summed E-state index contributed by atoms with van der Waals surface area (Å²) < 4.78 is 10.1. The molecule has 1 aromatic carbocycles. The van der Waals surface area contributed by atoms with Gasteiger partial charge < -0.3 is 14.8 Å². The Balaban J connectivity index is 2.41. The number of unbranched alkanes of at least 4 members (excludes halogenated alkanes) is 1. The van der Waals surface area contributed by atoms with Crippen LogP contribution in [0.1, 0.15) is 19.8 Å². The molecule has 4 heteroatoms. The first-order valence-electron chi connectivity index (χ1n) is 6.00. The Morgan fingerprint density at radius 3 is 2.89 bits per heavy atom. The monoisotopic (exact) mass is 249 g/mol. The van der Waals surface area contributed by atoms with Crippen LogP contribution in [0.2, 0.25) is 0 Å². The van der Waals surface area contributed by atoms with Crippen LogP contribution in [-0.4, -0.2) is 19.7 Å². The lowest BCUT2D eigenvalue weighted by Gasteiger charge is -2.06. The Labute approximate surface area is 108 Å². The lowest BCUT2D eigenvalue weighted by Crippen LogP contribution is -2.03. The Bertz CT molecular complexity index is 402. The molecule has 1 rings (SSSR count). The fourth-order valence-corrected chi connectivity index (χ4v) is 1.33. The summed E-state index contributed by atoms with van der Waals surface area (Å²) in [5, 5.41) is 2.98. The van der Waals surface area contributed by atoms with Crippen LogP contribution >= 0.6 is 0 Å². The quantitative estimate of drug-likeness (QED) is 0.458. The smallest absolute Gasteiger partial charge is 0.332 e. The van der Waals surface area contributed by atoms with E-state index in [0.717, 1.165) is 24.3 Å². The molecule has 0 fully saturated rings. The molecule has 0 spiro atoms. The van der Waals surface area contributed by atoms with Crippen molar-refractivity contribution >= 4 is 11.7 Å². The zero-order valence-electron chi connectivity index (χ0n) is 10.8. The molecule has 0 heterocycles. The van der Waals surface area contributed by atoms with Crippen LogP contribution in [0.3, 0.4) is 0 Å². The van der Waals surface area contributed by atoms with Gasteiger partial charge in [0.25, 0.3) is 0 Å². The summed E-state index contributed by atoms with van der Waals surface area (Å²) in [4.78, 5) is 11.3. The van der Waals surface area contributed by atoms with E-state index in [0.29, 0.717) is 6.61 Å². The van der Waals surface area contributed by atoms with Crippen molar-refractivity contribution in [3.8, 4) is 5.75 Å². The van der Waals surface area contributed by atoms with Crippen LogP contribution in [-0.2, 0) is 9.53 Å². The van der Waals surface area contributed by atoms with Crippen LogP contribution in [0.5, 0.6) is 5.75 Å². The first kappa shape index (κ1) is 14.1. The third-order valence-electron chi connectivity index (χ3n) is 2.31. The van der Waals surface area contributed by atoms with Crippen molar-refractivity contribution in [1.29, 1.82) is 0 Å². The molecular weight excluding hydrogens is 230 g/mol. The van der Waals surface area contributed by atoms with Crippen LogP contribution in [0.25, 0.3) is 0 Å². The number of hydrogen-bond acceptors (Lipinski definition) is 4. The second kappa shape index (κ2) is 8.17. The molecule has 0 atom stereocenters. The fourth-order valence-electron chi connectivity index (χ4n) is 1.33. The minimum atomic E-state index is -0.342. The standard InChI is InChI=1S/C14H19NO3/c1-3-4-11-18-14(16)9-10-15-12-7-5-6-8-13(12)17-2/h5-10,15H,3-4,11H2,1-2H3/b10-9-. The van der Waals surface area contributed by atoms with E-state index >= 15 is 0 Å². The molecular formula is C14H19NO3. The van der Waals surface area contributed by atoms with E-state index in [1.54, 1.807) is 13.3 Å². The van der Waals surface area contributed by atoms with Gasteiger partial charge in [0, 0.05) is 12.3 Å². The zero-order chi connectivity index (χ0) is 13.2. The maximum Gasteiger partial charge on any atom is 0.332 e. The van der Waals surface area contributed by atoms with Crippen LogP contribution < -0.4 is 10.1 Å². The molecule has 0 unspecified atom stereocenters. The van der Waals surface area contributed by atoms with Gasteiger partial charge in [-0.15, -0.1) is 0 Å². The Hall–Kier alpha value is -1.97. The highest BCUT2D eigenvalue weighted by Crippen LogP contribution is 2.22. The van der Waals surface area contributed by atoms with Crippen LogP contribution in [0.15, 0.2) is 36.5 Å². The molecule has 0 saturated heterocycles. The Morgan fingerprint density at radius 2 is 2.17 bits per heavy atom. The van der Waals surface area contributed by atoms with E-state index in [4.69, 9.17) is 9.47 Å². The number of benzene rings is 1. The van der Waals surface area contributed by atoms with Crippen molar-refractivity contribution < 1.29 is 14.3 Å². The van der Waals surface area contributed by atoms with Gasteiger partial charge >= 0.3 is 5.97 Å². The summed E-state index contributed by atoms with van der Waals surface area (Å²) in [6.07, 6.45) is 4.81. The molecule has 4 nitrogen and oxygen atoms in total. The molecule has 0 bridgehead atoms. The van der Waals surface area contributed by atoms with Crippen molar-refractivity contribution in [2.24, 2.45) is 0 Å². The number of nitrogens with one attached hydrogen (secondary N) is 1. The maximum absolute atomic E-state index is 11.3. The van der Waals surface area contributed by atoms with Gasteiger partial charge in [-0.1, -0.05) is 25.5 Å². The number of rotatable bonds is 7. The van der Waals surface area contributed by atoms with Crippen molar-refractivity contribution in [2.45, 2.75) is 19.8 Å². The van der Waals surface area contributed by atoms with Crippen molar-refractivity contribution in [2.75, 3.05) is 19.0 Å². The maximum atomic E-state index is 11.3. The number of carbonyl (C=O) groups is 1. The van der Waals surface area contributed by atoms with E-state index < -0.39 is 0 Å². The summed E-state index contributed by atoms with van der Waals surface area (Å²) in [5.74, 6) is 0.382. The minimum absolute atomic E-state index is 0.342. The zero-order valence-corrected chi connectivity index (χ0v) is 10.8. The third kappa shape index (κ3) is 4.91. The summed E-state index contributed by atoms with van der Waals surface area (Å²) in [7, 11) is 1.60. The van der Waals surface area contributed by atoms with Crippen LogP contribution in [0.4, 0.5) is 5.69 Å². The summed E-state index contributed by atoms with van der Waals surface area (Å²) in [6.45, 7) is 2.52. The highest BCUT2D eigenvalue weighted by atomic mass is 16.5. The molecule has 0 aliphatic rings.